The lowest BCUT2D eigenvalue weighted by molar-refractivity contribution is 0.251. The zero-order valence-electron chi connectivity index (χ0n) is 11.8. The lowest BCUT2D eigenvalue weighted by atomic mass is 9.85. The summed E-state index contributed by atoms with van der Waals surface area (Å²) in [6.45, 7) is 17.4. The van der Waals surface area contributed by atoms with Crippen molar-refractivity contribution in [2.24, 2.45) is 23.7 Å². The molecule has 0 aromatic carbocycles. The quantitative estimate of drug-likeness (QED) is 0.675. The van der Waals surface area contributed by atoms with Crippen molar-refractivity contribution in [1.82, 2.24) is 5.32 Å². The molecule has 0 aliphatic carbocycles. The van der Waals surface area contributed by atoms with Gasteiger partial charge >= 0.3 is 0 Å². The Balaban J connectivity index is 4.08. The first-order valence-electron chi connectivity index (χ1n) is 6.63. The Morgan fingerprint density at radius 1 is 0.800 bits per heavy atom. The lowest BCUT2D eigenvalue weighted by Gasteiger charge is -2.29. The molecule has 0 rings (SSSR count). The predicted molar refractivity (Wildman–Crippen MR) is 70.1 cm³/mol. The van der Waals surface area contributed by atoms with E-state index in [-0.39, 0.29) is 0 Å². The fraction of sp³-hybridized carbons (Fsp3) is 1.00. The van der Waals surface area contributed by atoms with Crippen LogP contribution in [0.2, 0.25) is 0 Å². The number of hydrogen-bond acceptors (Lipinski definition) is 1. The van der Waals surface area contributed by atoms with Crippen LogP contribution in [-0.4, -0.2) is 12.6 Å². The van der Waals surface area contributed by atoms with Crippen LogP contribution < -0.4 is 5.32 Å². The standard InChI is InChI=1S/C14H31N/c1-8-14(12(6)7)15-9-13(10(2)3)11(4)5/h10-15H,8-9H2,1-7H3. The lowest BCUT2D eigenvalue weighted by Crippen LogP contribution is -2.39. The maximum Gasteiger partial charge on any atom is 0.00875 e. The molecule has 15 heavy (non-hydrogen) atoms. The Bertz CT molecular complexity index is 141. The van der Waals surface area contributed by atoms with Crippen molar-refractivity contribution in [2.45, 2.75) is 60.9 Å². The van der Waals surface area contributed by atoms with Gasteiger partial charge in [-0.15, -0.1) is 0 Å². The highest BCUT2D eigenvalue weighted by molar-refractivity contribution is 4.74. The van der Waals surface area contributed by atoms with E-state index in [4.69, 9.17) is 0 Å². The zero-order chi connectivity index (χ0) is 12.0. The van der Waals surface area contributed by atoms with Crippen LogP contribution in [0, 0.1) is 23.7 Å². The van der Waals surface area contributed by atoms with Crippen molar-refractivity contribution in [3.8, 4) is 0 Å². The first-order chi connectivity index (χ1) is 6.90. The Morgan fingerprint density at radius 3 is 1.53 bits per heavy atom. The van der Waals surface area contributed by atoms with Crippen LogP contribution in [0.15, 0.2) is 0 Å². The highest BCUT2D eigenvalue weighted by Crippen LogP contribution is 2.20. The smallest absolute Gasteiger partial charge is 0.00875 e. The number of hydrogen-bond donors (Lipinski definition) is 1. The minimum absolute atomic E-state index is 0.685. The fourth-order valence-electron chi connectivity index (χ4n) is 2.38. The third-order valence-electron chi connectivity index (χ3n) is 3.57. The SMILES string of the molecule is CCC(NCC(C(C)C)C(C)C)C(C)C. The second-order valence-electron chi connectivity index (χ2n) is 5.82. The van der Waals surface area contributed by atoms with E-state index in [0.717, 1.165) is 23.7 Å². The topological polar surface area (TPSA) is 12.0 Å². The predicted octanol–water partition coefficient (Wildman–Crippen LogP) is 3.94. The molecule has 1 atom stereocenters. The highest BCUT2D eigenvalue weighted by Gasteiger charge is 2.19. The van der Waals surface area contributed by atoms with Crippen molar-refractivity contribution in [3.63, 3.8) is 0 Å². The molecule has 0 aromatic rings. The van der Waals surface area contributed by atoms with Gasteiger partial charge in [0, 0.05) is 6.04 Å². The van der Waals surface area contributed by atoms with E-state index in [1.807, 2.05) is 0 Å². The zero-order valence-corrected chi connectivity index (χ0v) is 11.8. The van der Waals surface area contributed by atoms with Crippen LogP contribution in [0.1, 0.15) is 54.9 Å². The molecule has 0 amide bonds. The van der Waals surface area contributed by atoms with Gasteiger partial charge in [-0.3, -0.25) is 0 Å². The summed E-state index contributed by atoms with van der Waals surface area (Å²) in [7, 11) is 0. The molecule has 0 aromatic heterocycles. The minimum atomic E-state index is 0.685. The van der Waals surface area contributed by atoms with Gasteiger partial charge in [-0.2, -0.15) is 0 Å². The van der Waals surface area contributed by atoms with Gasteiger partial charge in [0.1, 0.15) is 0 Å². The van der Waals surface area contributed by atoms with Gasteiger partial charge < -0.3 is 5.32 Å². The van der Waals surface area contributed by atoms with E-state index in [0.29, 0.717) is 6.04 Å². The van der Waals surface area contributed by atoms with Crippen LogP contribution in [-0.2, 0) is 0 Å². The fourth-order valence-corrected chi connectivity index (χ4v) is 2.38. The third kappa shape index (κ3) is 5.55. The molecule has 0 radical (unpaired) electrons. The molecule has 0 bridgehead atoms. The third-order valence-corrected chi connectivity index (χ3v) is 3.57. The van der Waals surface area contributed by atoms with Gasteiger partial charge in [-0.1, -0.05) is 48.5 Å². The van der Waals surface area contributed by atoms with E-state index in [1.165, 1.54) is 13.0 Å². The second kappa shape index (κ2) is 7.27. The summed E-state index contributed by atoms with van der Waals surface area (Å²) in [5, 5.41) is 3.73. The summed E-state index contributed by atoms with van der Waals surface area (Å²) in [4.78, 5) is 0. The van der Waals surface area contributed by atoms with Crippen LogP contribution in [0.25, 0.3) is 0 Å². The first-order valence-corrected chi connectivity index (χ1v) is 6.63. The van der Waals surface area contributed by atoms with Crippen molar-refractivity contribution in [3.05, 3.63) is 0 Å². The van der Waals surface area contributed by atoms with E-state index >= 15 is 0 Å². The summed E-state index contributed by atoms with van der Waals surface area (Å²) in [6.07, 6.45) is 1.24. The Labute approximate surface area is 97.0 Å². The van der Waals surface area contributed by atoms with Gasteiger partial charge in [-0.05, 0) is 36.6 Å². The van der Waals surface area contributed by atoms with Crippen molar-refractivity contribution >= 4 is 0 Å². The average molecular weight is 213 g/mol. The average Bonchev–Trinajstić information content (AvgIpc) is 2.10. The molecular weight excluding hydrogens is 182 g/mol. The number of nitrogens with one attached hydrogen (secondary N) is 1. The van der Waals surface area contributed by atoms with E-state index < -0.39 is 0 Å². The second-order valence-corrected chi connectivity index (χ2v) is 5.82. The molecular formula is C14H31N. The molecule has 0 saturated carbocycles. The number of rotatable bonds is 7. The molecule has 0 saturated heterocycles. The molecule has 1 unspecified atom stereocenters. The molecule has 0 heterocycles. The molecule has 1 heteroatoms. The van der Waals surface area contributed by atoms with Crippen LogP contribution >= 0.6 is 0 Å². The first kappa shape index (κ1) is 15.0. The van der Waals surface area contributed by atoms with Gasteiger partial charge in [0.05, 0.1) is 0 Å². The van der Waals surface area contributed by atoms with Gasteiger partial charge in [0.2, 0.25) is 0 Å². The van der Waals surface area contributed by atoms with Crippen molar-refractivity contribution in [2.75, 3.05) is 6.54 Å². The summed E-state index contributed by atoms with van der Waals surface area (Å²) < 4.78 is 0. The molecule has 92 valence electrons. The normalized spacial score (nSPS) is 14.6. The molecule has 1 N–H and O–H groups in total. The largest absolute Gasteiger partial charge is 0.313 e. The Kier molecular flexibility index (Phi) is 7.25. The van der Waals surface area contributed by atoms with E-state index in [2.05, 4.69) is 53.8 Å². The van der Waals surface area contributed by atoms with Crippen LogP contribution in [0.3, 0.4) is 0 Å². The van der Waals surface area contributed by atoms with Gasteiger partial charge in [0.15, 0.2) is 0 Å². The van der Waals surface area contributed by atoms with Crippen molar-refractivity contribution in [1.29, 1.82) is 0 Å². The summed E-state index contributed by atoms with van der Waals surface area (Å²) in [5.41, 5.74) is 0. The van der Waals surface area contributed by atoms with E-state index in [1.54, 1.807) is 0 Å². The van der Waals surface area contributed by atoms with Crippen molar-refractivity contribution < 1.29 is 0 Å². The minimum Gasteiger partial charge on any atom is -0.313 e. The maximum absolute atomic E-state index is 3.73. The molecule has 0 aliphatic heterocycles. The Morgan fingerprint density at radius 2 is 1.27 bits per heavy atom. The molecule has 1 nitrogen and oxygen atoms in total. The Hall–Kier alpha value is -0.0400. The molecule has 0 fully saturated rings. The van der Waals surface area contributed by atoms with Gasteiger partial charge in [0.25, 0.3) is 0 Å². The monoisotopic (exact) mass is 213 g/mol. The summed E-state index contributed by atoms with van der Waals surface area (Å²) in [5.74, 6) is 3.11. The van der Waals surface area contributed by atoms with Crippen LogP contribution in [0.5, 0.6) is 0 Å². The van der Waals surface area contributed by atoms with E-state index in [9.17, 15) is 0 Å². The maximum atomic E-state index is 3.73. The molecule has 0 aliphatic rings. The summed E-state index contributed by atoms with van der Waals surface area (Å²) >= 11 is 0. The highest BCUT2D eigenvalue weighted by atomic mass is 14.9. The van der Waals surface area contributed by atoms with Gasteiger partial charge in [-0.25, -0.2) is 0 Å². The summed E-state index contributed by atoms with van der Waals surface area (Å²) in [6, 6.07) is 0.685. The molecule has 0 spiro atoms. The van der Waals surface area contributed by atoms with Crippen LogP contribution in [0.4, 0.5) is 0 Å².